The Hall–Kier alpha value is -4.53. The summed E-state index contributed by atoms with van der Waals surface area (Å²) in [5, 5.41) is 16.0. The summed E-state index contributed by atoms with van der Waals surface area (Å²) in [6, 6.07) is 15.3. The zero-order valence-corrected chi connectivity index (χ0v) is 19.4. The predicted octanol–water partition coefficient (Wildman–Crippen LogP) is 4.08. The van der Waals surface area contributed by atoms with Gasteiger partial charge in [-0.2, -0.15) is 14.9 Å². The van der Waals surface area contributed by atoms with Crippen LogP contribution in [0.2, 0.25) is 0 Å². The topological polar surface area (TPSA) is 104 Å². The zero-order chi connectivity index (χ0) is 24.4. The van der Waals surface area contributed by atoms with Crippen LogP contribution < -0.4 is 14.8 Å². The second-order valence-corrected chi connectivity index (χ2v) is 8.11. The van der Waals surface area contributed by atoms with Crippen molar-refractivity contribution >= 4 is 11.7 Å². The summed E-state index contributed by atoms with van der Waals surface area (Å²) in [4.78, 5) is 17.4. The number of ether oxygens (including phenoxy) is 2. The van der Waals surface area contributed by atoms with Crippen molar-refractivity contribution in [3.63, 3.8) is 0 Å². The fourth-order valence-electron chi connectivity index (χ4n) is 4.26. The molecule has 1 aliphatic rings. The number of nitrogens with zero attached hydrogens (tertiary/aromatic N) is 5. The van der Waals surface area contributed by atoms with Gasteiger partial charge in [0.25, 0.3) is 5.95 Å². The SMILES string of the molecule is C=CCOc1cccc([C@@H]2CC(=O)Nc3c2c(C)nn3-c2nncc(-c3cccc(OC)c3)n2)c1. The van der Waals surface area contributed by atoms with Crippen LogP contribution in [-0.4, -0.2) is 44.6 Å². The van der Waals surface area contributed by atoms with Gasteiger partial charge in [0.05, 0.1) is 24.7 Å². The van der Waals surface area contributed by atoms with Gasteiger partial charge in [0.1, 0.15) is 23.9 Å². The van der Waals surface area contributed by atoms with Crippen LogP contribution in [0.15, 0.2) is 67.4 Å². The molecule has 35 heavy (non-hydrogen) atoms. The second-order valence-electron chi connectivity index (χ2n) is 8.11. The van der Waals surface area contributed by atoms with E-state index < -0.39 is 0 Å². The van der Waals surface area contributed by atoms with E-state index in [4.69, 9.17) is 9.47 Å². The minimum Gasteiger partial charge on any atom is -0.497 e. The number of anilines is 1. The molecule has 4 aromatic rings. The van der Waals surface area contributed by atoms with Gasteiger partial charge >= 0.3 is 0 Å². The molecule has 0 unspecified atom stereocenters. The molecule has 0 saturated carbocycles. The number of carbonyl (C=O) groups is 1. The molecule has 9 heteroatoms. The number of fused-ring (bicyclic) bond motifs is 1. The first kappa shape index (κ1) is 22.3. The average Bonchev–Trinajstić information content (AvgIpc) is 3.23. The van der Waals surface area contributed by atoms with Crippen molar-refractivity contribution in [1.82, 2.24) is 25.0 Å². The molecule has 0 aliphatic carbocycles. The highest BCUT2D eigenvalue weighted by atomic mass is 16.5. The number of methoxy groups -OCH3 is 1. The molecule has 9 nitrogen and oxygen atoms in total. The van der Waals surface area contributed by atoms with Crippen molar-refractivity contribution in [2.75, 3.05) is 19.0 Å². The molecule has 1 atom stereocenters. The summed E-state index contributed by atoms with van der Waals surface area (Å²) < 4.78 is 12.6. The Bertz CT molecular complexity index is 1410. The summed E-state index contributed by atoms with van der Waals surface area (Å²) in [5.74, 6) is 1.94. The van der Waals surface area contributed by atoms with Crippen LogP contribution >= 0.6 is 0 Å². The molecular formula is C26H24N6O3. The van der Waals surface area contributed by atoms with Crippen molar-refractivity contribution in [1.29, 1.82) is 0 Å². The van der Waals surface area contributed by atoms with Crippen LogP contribution in [0.1, 0.15) is 29.2 Å². The van der Waals surface area contributed by atoms with Crippen molar-refractivity contribution in [2.45, 2.75) is 19.3 Å². The number of aryl methyl sites for hydroxylation is 1. The first-order chi connectivity index (χ1) is 17.1. The van der Waals surface area contributed by atoms with Crippen molar-refractivity contribution in [2.24, 2.45) is 0 Å². The normalized spacial score (nSPS) is 14.7. The maximum absolute atomic E-state index is 12.8. The van der Waals surface area contributed by atoms with Gasteiger partial charge < -0.3 is 14.8 Å². The standard InChI is InChI=1S/C26H24N6O3/c1-4-11-35-20-10-5-7-17(12-20)21-14-23(33)29-25-24(21)16(2)31-32(25)26-28-22(15-27-30-26)18-8-6-9-19(13-18)34-3/h4-10,12-13,15,21H,1,11,14H2,2-3H3,(H,29,33)/t21-/m0/s1. The van der Waals surface area contributed by atoms with Gasteiger partial charge in [-0.15, -0.1) is 5.10 Å². The van der Waals surface area contributed by atoms with Gasteiger partial charge in [-0.05, 0) is 36.8 Å². The molecule has 2 aromatic heterocycles. The highest BCUT2D eigenvalue weighted by Gasteiger charge is 2.33. The third-order valence-corrected chi connectivity index (χ3v) is 5.83. The van der Waals surface area contributed by atoms with Crippen LogP contribution in [0.3, 0.4) is 0 Å². The molecule has 0 spiro atoms. The van der Waals surface area contributed by atoms with E-state index in [1.54, 1.807) is 24.1 Å². The smallest absolute Gasteiger partial charge is 0.272 e. The largest absolute Gasteiger partial charge is 0.497 e. The molecule has 2 aromatic carbocycles. The lowest BCUT2D eigenvalue weighted by atomic mass is 9.86. The Morgan fingerprint density at radius 1 is 1.20 bits per heavy atom. The number of hydrogen-bond donors (Lipinski definition) is 1. The fourth-order valence-corrected chi connectivity index (χ4v) is 4.26. The molecule has 1 amide bonds. The third kappa shape index (κ3) is 4.35. The molecule has 176 valence electrons. The van der Waals surface area contributed by atoms with E-state index in [2.05, 4.69) is 32.2 Å². The minimum atomic E-state index is -0.186. The van der Waals surface area contributed by atoms with E-state index in [9.17, 15) is 4.79 Å². The van der Waals surface area contributed by atoms with Gasteiger partial charge in [-0.1, -0.05) is 36.9 Å². The van der Waals surface area contributed by atoms with E-state index in [0.717, 1.165) is 28.1 Å². The number of nitrogens with one attached hydrogen (secondary N) is 1. The number of benzene rings is 2. The highest BCUT2D eigenvalue weighted by molar-refractivity contribution is 5.95. The maximum atomic E-state index is 12.8. The first-order valence-corrected chi connectivity index (χ1v) is 11.1. The molecule has 0 fully saturated rings. The van der Waals surface area contributed by atoms with Crippen molar-refractivity contribution < 1.29 is 14.3 Å². The van der Waals surface area contributed by atoms with E-state index in [1.165, 1.54) is 0 Å². The Labute approximate surface area is 202 Å². The monoisotopic (exact) mass is 468 g/mol. The lowest BCUT2D eigenvalue weighted by Gasteiger charge is -2.24. The molecular weight excluding hydrogens is 444 g/mol. The van der Waals surface area contributed by atoms with Gasteiger partial charge in [0, 0.05) is 23.5 Å². The first-order valence-electron chi connectivity index (χ1n) is 11.1. The van der Waals surface area contributed by atoms with Crippen LogP contribution in [-0.2, 0) is 4.79 Å². The van der Waals surface area contributed by atoms with Crippen molar-refractivity contribution in [3.8, 4) is 28.7 Å². The Kier molecular flexibility index (Phi) is 5.97. The number of aromatic nitrogens is 5. The van der Waals surface area contributed by atoms with E-state index >= 15 is 0 Å². The zero-order valence-electron chi connectivity index (χ0n) is 19.4. The molecule has 3 heterocycles. The van der Waals surface area contributed by atoms with Crippen LogP contribution in [0.25, 0.3) is 17.2 Å². The van der Waals surface area contributed by atoms with Crippen LogP contribution in [0.4, 0.5) is 5.82 Å². The summed E-state index contributed by atoms with van der Waals surface area (Å²) in [5.41, 5.74) is 4.10. The Balaban J connectivity index is 1.56. The van der Waals surface area contributed by atoms with E-state index in [-0.39, 0.29) is 17.8 Å². The number of hydrogen-bond acceptors (Lipinski definition) is 7. The Morgan fingerprint density at radius 3 is 2.86 bits per heavy atom. The maximum Gasteiger partial charge on any atom is 0.272 e. The molecule has 5 rings (SSSR count). The lowest BCUT2D eigenvalue weighted by molar-refractivity contribution is -0.116. The number of amides is 1. The number of carbonyl (C=O) groups excluding carboxylic acids is 1. The fraction of sp³-hybridized carbons (Fsp3) is 0.192. The molecule has 0 saturated heterocycles. The summed E-state index contributed by atoms with van der Waals surface area (Å²) in [6.45, 7) is 6.01. The quantitative estimate of drug-likeness (QED) is 0.408. The van der Waals surface area contributed by atoms with E-state index in [1.807, 2.05) is 55.5 Å². The Morgan fingerprint density at radius 2 is 2.03 bits per heavy atom. The third-order valence-electron chi connectivity index (χ3n) is 5.83. The summed E-state index contributed by atoms with van der Waals surface area (Å²) in [6.07, 6.45) is 3.57. The number of rotatable bonds is 7. The van der Waals surface area contributed by atoms with Gasteiger partial charge in [0.2, 0.25) is 5.91 Å². The lowest BCUT2D eigenvalue weighted by Crippen LogP contribution is -2.25. The van der Waals surface area contributed by atoms with Gasteiger partial charge in [-0.25, -0.2) is 4.98 Å². The predicted molar refractivity (Wildman–Crippen MR) is 131 cm³/mol. The van der Waals surface area contributed by atoms with Gasteiger partial charge in [0.15, 0.2) is 0 Å². The van der Waals surface area contributed by atoms with Crippen molar-refractivity contribution in [3.05, 3.63) is 84.2 Å². The van der Waals surface area contributed by atoms with Crippen LogP contribution in [0, 0.1) is 6.92 Å². The van der Waals surface area contributed by atoms with Crippen LogP contribution in [0.5, 0.6) is 11.5 Å². The molecule has 0 bridgehead atoms. The molecule has 1 aliphatic heterocycles. The average molecular weight is 469 g/mol. The van der Waals surface area contributed by atoms with E-state index in [0.29, 0.717) is 30.3 Å². The second kappa shape index (κ2) is 9.38. The molecule has 1 N–H and O–H groups in total. The summed E-state index contributed by atoms with van der Waals surface area (Å²) in [7, 11) is 1.61. The highest BCUT2D eigenvalue weighted by Crippen LogP contribution is 2.40. The molecule has 0 radical (unpaired) electrons. The summed E-state index contributed by atoms with van der Waals surface area (Å²) >= 11 is 0. The van der Waals surface area contributed by atoms with Gasteiger partial charge in [-0.3, -0.25) is 4.79 Å². The minimum absolute atomic E-state index is 0.113.